The van der Waals surface area contributed by atoms with Crippen LogP contribution in [0.3, 0.4) is 0 Å². The standard InChI is InChI=1S/C47H31N3O/c1-3-12-31(13-4-1)39-25-26-42-43(40-17-9-10-18-41(40)51-42)44(39)47-49-45(32-14-5-2-6-15-32)48-46(50-47)38-24-23-36-28-35(21-22-37(36)29-38)34-20-19-30-11-7-8-16-33(30)27-34/h1-29,47H,(H,48,49,50). The fourth-order valence-corrected chi connectivity index (χ4v) is 7.39. The number of benzene rings is 8. The largest absolute Gasteiger partial charge is 0.456 e. The molecule has 4 nitrogen and oxygen atoms in total. The van der Waals surface area contributed by atoms with E-state index >= 15 is 0 Å². The quantitative estimate of drug-likeness (QED) is 0.201. The number of fused-ring (bicyclic) bond motifs is 5. The molecule has 51 heavy (non-hydrogen) atoms. The van der Waals surface area contributed by atoms with Crippen molar-refractivity contribution in [1.29, 1.82) is 0 Å². The van der Waals surface area contributed by atoms with E-state index in [0.29, 0.717) is 0 Å². The van der Waals surface area contributed by atoms with Crippen molar-refractivity contribution >= 4 is 55.2 Å². The van der Waals surface area contributed by atoms with E-state index in [9.17, 15) is 0 Å². The summed E-state index contributed by atoms with van der Waals surface area (Å²) in [5.74, 6) is 1.55. The van der Waals surface area contributed by atoms with E-state index < -0.39 is 6.17 Å². The molecule has 8 aromatic carbocycles. The van der Waals surface area contributed by atoms with Crippen LogP contribution in [0.2, 0.25) is 0 Å². The Kier molecular flexibility index (Phi) is 6.85. The summed E-state index contributed by atoms with van der Waals surface area (Å²) >= 11 is 0. The Bertz CT molecular complexity index is 2830. The highest BCUT2D eigenvalue weighted by atomic mass is 16.3. The summed E-state index contributed by atoms with van der Waals surface area (Å²) in [6.45, 7) is 0. The molecule has 0 fully saturated rings. The van der Waals surface area contributed by atoms with Gasteiger partial charge in [-0.15, -0.1) is 0 Å². The van der Waals surface area contributed by atoms with Gasteiger partial charge in [-0.1, -0.05) is 146 Å². The summed E-state index contributed by atoms with van der Waals surface area (Å²) in [5.41, 5.74) is 9.30. The van der Waals surface area contributed by atoms with Gasteiger partial charge in [-0.05, 0) is 74.1 Å². The molecule has 1 aliphatic heterocycles. The average molecular weight is 654 g/mol. The normalized spacial score (nSPS) is 14.5. The van der Waals surface area contributed by atoms with Crippen LogP contribution in [0, 0.1) is 0 Å². The fourth-order valence-electron chi connectivity index (χ4n) is 7.39. The van der Waals surface area contributed by atoms with Crippen LogP contribution in [0.25, 0.3) is 65.7 Å². The molecule has 0 bridgehead atoms. The van der Waals surface area contributed by atoms with Crippen LogP contribution in [-0.4, -0.2) is 11.7 Å². The lowest BCUT2D eigenvalue weighted by atomic mass is 9.93. The molecule has 0 radical (unpaired) electrons. The first kappa shape index (κ1) is 29.2. The summed E-state index contributed by atoms with van der Waals surface area (Å²) in [6, 6.07) is 61.7. The van der Waals surface area contributed by atoms with Gasteiger partial charge in [-0.2, -0.15) is 0 Å². The molecule has 0 spiro atoms. The Hall–Kier alpha value is -6.78. The van der Waals surface area contributed by atoms with Gasteiger partial charge < -0.3 is 9.73 Å². The number of nitrogens with zero attached hydrogens (tertiary/aromatic N) is 2. The molecular weight excluding hydrogens is 623 g/mol. The molecule has 1 aliphatic rings. The second-order valence-electron chi connectivity index (χ2n) is 13.0. The first-order valence-electron chi connectivity index (χ1n) is 17.3. The second-order valence-corrected chi connectivity index (χ2v) is 13.0. The molecule has 0 saturated heterocycles. The Labute approximate surface area is 295 Å². The molecule has 0 amide bonds. The zero-order valence-corrected chi connectivity index (χ0v) is 27.6. The van der Waals surface area contributed by atoms with Crippen LogP contribution in [0.5, 0.6) is 0 Å². The van der Waals surface area contributed by atoms with Gasteiger partial charge in [-0.25, -0.2) is 9.98 Å². The second kappa shape index (κ2) is 12.0. The number of hydrogen-bond donors (Lipinski definition) is 1. The number of aliphatic imine (C=N–C) groups is 2. The summed E-state index contributed by atoms with van der Waals surface area (Å²) in [4.78, 5) is 10.7. The Morgan fingerprint density at radius 3 is 1.71 bits per heavy atom. The summed E-state index contributed by atoms with van der Waals surface area (Å²) < 4.78 is 6.40. The van der Waals surface area contributed by atoms with Gasteiger partial charge in [-0.3, -0.25) is 0 Å². The first-order valence-corrected chi connectivity index (χ1v) is 17.3. The van der Waals surface area contributed by atoms with Gasteiger partial charge in [0.1, 0.15) is 22.8 Å². The molecule has 1 aromatic heterocycles. The van der Waals surface area contributed by atoms with Crippen molar-refractivity contribution in [3.63, 3.8) is 0 Å². The Morgan fingerprint density at radius 1 is 0.412 bits per heavy atom. The first-order chi connectivity index (χ1) is 25.2. The molecule has 1 N–H and O–H groups in total. The van der Waals surface area contributed by atoms with E-state index in [-0.39, 0.29) is 0 Å². The summed E-state index contributed by atoms with van der Waals surface area (Å²) in [7, 11) is 0. The Morgan fingerprint density at radius 2 is 0.961 bits per heavy atom. The van der Waals surface area contributed by atoms with Gasteiger partial charge in [0.25, 0.3) is 0 Å². The van der Waals surface area contributed by atoms with Gasteiger partial charge >= 0.3 is 0 Å². The molecule has 10 rings (SSSR count). The number of rotatable bonds is 5. The highest BCUT2D eigenvalue weighted by molar-refractivity contribution is 6.17. The summed E-state index contributed by atoms with van der Waals surface area (Å²) in [5, 5.41) is 10.5. The van der Waals surface area contributed by atoms with Gasteiger partial charge in [0, 0.05) is 27.5 Å². The van der Waals surface area contributed by atoms with Crippen LogP contribution in [0.15, 0.2) is 190 Å². The molecule has 0 saturated carbocycles. The fraction of sp³-hybridized carbons (Fsp3) is 0.0213. The maximum absolute atomic E-state index is 6.40. The highest BCUT2D eigenvalue weighted by Gasteiger charge is 2.27. The van der Waals surface area contributed by atoms with Gasteiger partial charge in [0.2, 0.25) is 0 Å². The smallest absolute Gasteiger partial charge is 0.171 e. The van der Waals surface area contributed by atoms with E-state index in [0.717, 1.165) is 66.8 Å². The molecule has 4 heteroatoms. The topological polar surface area (TPSA) is 49.9 Å². The molecule has 1 atom stereocenters. The third-order valence-electron chi connectivity index (χ3n) is 9.91. The summed E-state index contributed by atoms with van der Waals surface area (Å²) in [6.07, 6.45) is -0.526. The minimum absolute atomic E-state index is 0.526. The van der Waals surface area contributed by atoms with Crippen molar-refractivity contribution in [2.24, 2.45) is 9.98 Å². The van der Waals surface area contributed by atoms with Crippen LogP contribution < -0.4 is 5.32 Å². The molecular formula is C47H31N3O. The molecule has 9 aromatic rings. The third kappa shape index (κ3) is 5.17. The monoisotopic (exact) mass is 653 g/mol. The van der Waals surface area contributed by atoms with Crippen LogP contribution in [0.4, 0.5) is 0 Å². The minimum Gasteiger partial charge on any atom is -0.456 e. The van der Waals surface area contributed by atoms with E-state index in [1.54, 1.807) is 0 Å². The predicted molar refractivity (Wildman–Crippen MR) is 211 cm³/mol. The third-order valence-corrected chi connectivity index (χ3v) is 9.91. The lowest BCUT2D eigenvalue weighted by Crippen LogP contribution is -2.36. The van der Waals surface area contributed by atoms with Crippen LogP contribution in [0.1, 0.15) is 22.9 Å². The SMILES string of the molecule is c1ccc(C2=NC(c3c(-c4ccccc4)ccc4oc5ccccc5c34)N=C(c3ccc4cc(-c5ccc6ccccc6c5)ccc4c3)N2)cc1. The van der Waals surface area contributed by atoms with Crippen molar-refractivity contribution in [2.45, 2.75) is 6.17 Å². The maximum Gasteiger partial charge on any atom is 0.171 e. The lowest BCUT2D eigenvalue weighted by Gasteiger charge is -2.24. The Balaban J connectivity index is 1.13. The number of furan rings is 1. The number of para-hydroxylation sites is 1. The van der Waals surface area contributed by atoms with E-state index in [4.69, 9.17) is 14.4 Å². The molecule has 0 aliphatic carbocycles. The predicted octanol–water partition coefficient (Wildman–Crippen LogP) is 11.7. The zero-order valence-electron chi connectivity index (χ0n) is 27.6. The van der Waals surface area contributed by atoms with E-state index in [2.05, 4.69) is 145 Å². The van der Waals surface area contributed by atoms with Crippen LogP contribution in [-0.2, 0) is 0 Å². The van der Waals surface area contributed by atoms with Crippen molar-refractivity contribution in [3.05, 3.63) is 193 Å². The van der Waals surface area contributed by atoms with Crippen molar-refractivity contribution < 1.29 is 4.42 Å². The number of amidine groups is 2. The van der Waals surface area contributed by atoms with Crippen molar-refractivity contribution in [1.82, 2.24) is 5.32 Å². The zero-order chi connectivity index (χ0) is 33.7. The maximum atomic E-state index is 6.40. The number of nitrogens with one attached hydrogen (secondary N) is 1. The molecule has 1 unspecified atom stereocenters. The van der Waals surface area contributed by atoms with Crippen LogP contribution >= 0.6 is 0 Å². The lowest BCUT2D eigenvalue weighted by molar-refractivity contribution is 0.667. The molecule has 240 valence electrons. The van der Waals surface area contributed by atoms with Gasteiger partial charge in [0.05, 0.1) is 0 Å². The van der Waals surface area contributed by atoms with E-state index in [1.165, 1.54) is 27.3 Å². The highest BCUT2D eigenvalue weighted by Crippen LogP contribution is 2.42. The van der Waals surface area contributed by atoms with Crippen molar-refractivity contribution in [2.75, 3.05) is 0 Å². The van der Waals surface area contributed by atoms with Gasteiger partial charge in [0.15, 0.2) is 6.17 Å². The van der Waals surface area contributed by atoms with E-state index in [1.807, 2.05) is 36.4 Å². The minimum atomic E-state index is -0.526. The average Bonchev–Trinajstić information content (AvgIpc) is 3.59. The number of hydrogen-bond acceptors (Lipinski definition) is 4. The molecule has 2 heterocycles. The van der Waals surface area contributed by atoms with Crippen molar-refractivity contribution in [3.8, 4) is 22.3 Å².